The monoisotopic (exact) mass is 310 g/mol. The molecule has 0 aliphatic heterocycles. The predicted molar refractivity (Wildman–Crippen MR) is 80.3 cm³/mol. The third kappa shape index (κ3) is 1.92. The van der Waals surface area contributed by atoms with Crippen molar-refractivity contribution < 1.29 is 9.90 Å². The van der Waals surface area contributed by atoms with E-state index in [0.717, 1.165) is 36.1 Å². The SMILES string of the molecule is CC(C(=O)O)n1c(=S)[nH]c2sc3c(c2c1=O)CCCC3. The van der Waals surface area contributed by atoms with E-state index in [1.807, 2.05) is 0 Å². The highest BCUT2D eigenvalue weighted by molar-refractivity contribution is 7.71. The van der Waals surface area contributed by atoms with Gasteiger partial charge >= 0.3 is 5.97 Å². The molecule has 5 nitrogen and oxygen atoms in total. The number of carbonyl (C=O) groups is 1. The molecule has 2 aromatic heterocycles. The van der Waals surface area contributed by atoms with E-state index in [0.29, 0.717) is 5.39 Å². The smallest absolute Gasteiger partial charge is 0.326 e. The average Bonchev–Trinajstić information content (AvgIpc) is 2.76. The minimum absolute atomic E-state index is 0.177. The van der Waals surface area contributed by atoms with Crippen molar-refractivity contribution in [1.29, 1.82) is 0 Å². The van der Waals surface area contributed by atoms with Gasteiger partial charge in [-0.1, -0.05) is 0 Å². The van der Waals surface area contributed by atoms with Crippen LogP contribution in [-0.2, 0) is 17.6 Å². The molecule has 0 bridgehead atoms. The molecule has 0 radical (unpaired) electrons. The quantitative estimate of drug-likeness (QED) is 0.836. The largest absolute Gasteiger partial charge is 0.480 e. The maximum absolute atomic E-state index is 12.6. The Morgan fingerprint density at radius 1 is 1.45 bits per heavy atom. The van der Waals surface area contributed by atoms with Gasteiger partial charge in [-0.15, -0.1) is 11.3 Å². The lowest BCUT2D eigenvalue weighted by Crippen LogP contribution is -2.29. The number of H-pyrrole nitrogens is 1. The predicted octanol–water partition coefficient (Wildman–Crippen LogP) is 2.64. The van der Waals surface area contributed by atoms with Crippen molar-refractivity contribution in [1.82, 2.24) is 9.55 Å². The number of rotatable bonds is 2. The van der Waals surface area contributed by atoms with Crippen molar-refractivity contribution in [2.75, 3.05) is 0 Å². The van der Waals surface area contributed by atoms with E-state index < -0.39 is 12.0 Å². The Labute approximate surface area is 123 Å². The molecule has 0 saturated heterocycles. The van der Waals surface area contributed by atoms with Crippen LogP contribution in [0.3, 0.4) is 0 Å². The van der Waals surface area contributed by atoms with Crippen LogP contribution in [0.2, 0.25) is 0 Å². The number of nitrogens with one attached hydrogen (secondary N) is 1. The molecule has 3 rings (SSSR count). The van der Waals surface area contributed by atoms with Gasteiger partial charge in [0.1, 0.15) is 10.9 Å². The summed E-state index contributed by atoms with van der Waals surface area (Å²) < 4.78 is 1.35. The number of aryl methyl sites for hydroxylation is 2. The number of nitrogens with zero attached hydrogens (tertiary/aromatic N) is 1. The van der Waals surface area contributed by atoms with Crippen molar-refractivity contribution in [3.05, 3.63) is 25.6 Å². The lowest BCUT2D eigenvalue weighted by molar-refractivity contribution is -0.140. The number of thiophene rings is 1. The average molecular weight is 310 g/mol. The third-order valence-electron chi connectivity index (χ3n) is 3.79. The normalized spacial score (nSPS) is 16.1. The zero-order valence-corrected chi connectivity index (χ0v) is 12.6. The number of hydrogen-bond donors (Lipinski definition) is 2. The van der Waals surface area contributed by atoms with Gasteiger partial charge in [0.25, 0.3) is 5.56 Å². The molecule has 0 amide bonds. The van der Waals surface area contributed by atoms with Gasteiger partial charge < -0.3 is 10.1 Å². The Bertz CT molecular complexity index is 815. The van der Waals surface area contributed by atoms with Crippen molar-refractivity contribution >= 4 is 39.7 Å². The van der Waals surface area contributed by atoms with Gasteiger partial charge in [-0.2, -0.15) is 0 Å². The molecule has 0 spiro atoms. The molecule has 1 aliphatic rings. The van der Waals surface area contributed by atoms with Crippen LogP contribution in [0, 0.1) is 4.77 Å². The molecule has 20 heavy (non-hydrogen) atoms. The van der Waals surface area contributed by atoms with Crippen molar-refractivity contribution in [3.63, 3.8) is 0 Å². The van der Waals surface area contributed by atoms with Gasteiger partial charge in [0.2, 0.25) is 0 Å². The Kier molecular flexibility index (Phi) is 3.25. The summed E-state index contributed by atoms with van der Waals surface area (Å²) in [7, 11) is 0. The summed E-state index contributed by atoms with van der Waals surface area (Å²) in [5.41, 5.74) is 0.803. The summed E-state index contributed by atoms with van der Waals surface area (Å²) in [6.45, 7) is 1.47. The van der Waals surface area contributed by atoms with Gasteiger partial charge in [-0.25, -0.2) is 4.79 Å². The van der Waals surface area contributed by atoms with E-state index in [9.17, 15) is 9.59 Å². The molecular formula is C13H14N2O3S2. The van der Waals surface area contributed by atoms with E-state index in [1.54, 1.807) is 11.3 Å². The first-order valence-electron chi connectivity index (χ1n) is 6.52. The van der Waals surface area contributed by atoms with Crippen LogP contribution in [-0.4, -0.2) is 20.6 Å². The number of aliphatic carboxylic acids is 1. The first-order chi connectivity index (χ1) is 9.50. The van der Waals surface area contributed by atoms with Crippen LogP contribution < -0.4 is 5.56 Å². The summed E-state index contributed by atoms with van der Waals surface area (Å²) in [6, 6.07) is -0.963. The van der Waals surface area contributed by atoms with Crippen molar-refractivity contribution in [2.45, 2.75) is 38.6 Å². The number of carboxylic acids is 1. The summed E-state index contributed by atoms with van der Waals surface area (Å²) in [4.78, 5) is 28.8. The Hall–Kier alpha value is -1.47. The number of aromatic nitrogens is 2. The van der Waals surface area contributed by atoms with E-state index in [4.69, 9.17) is 17.3 Å². The molecule has 2 N–H and O–H groups in total. The molecule has 106 valence electrons. The first kappa shape index (κ1) is 13.5. The summed E-state index contributed by atoms with van der Waals surface area (Å²) >= 11 is 6.73. The molecule has 1 aliphatic carbocycles. The molecule has 0 aromatic carbocycles. The van der Waals surface area contributed by atoms with E-state index in [-0.39, 0.29) is 10.3 Å². The lowest BCUT2D eigenvalue weighted by Gasteiger charge is -2.12. The van der Waals surface area contributed by atoms with Gasteiger partial charge in [0, 0.05) is 4.88 Å². The number of hydrogen-bond acceptors (Lipinski definition) is 4. The second kappa shape index (κ2) is 4.82. The molecule has 1 unspecified atom stereocenters. The van der Waals surface area contributed by atoms with E-state index in [1.165, 1.54) is 16.4 Å². The fourth-order valence-electron chi connectivity index (χ4n) is 2.71. The fourth-order valence-corrected chi connectivity index (χ4v) is 4.40. The molecule has 2 aromatic rings. The Morgan fingerprint density at radius 2 is 2.15 bits per heavy atom. The number of carboxylic acid groups (broad SMARTS) is 1. The molecule has 0 fully saturated rings. The Morgan fingerprint density at radius 3 is 2.85 bits per heavy atom. The highest BCUT2D eigenvalue weighted by Crippen LogP contribution is 2.33. The first-order valence-corrected chi connectivity index (χ1v) is 7.75. The highest BCUT2D eigenvalue weighted by atomic mass is 32.1. The maximum Gasteiger partial charge on any atom is 0.326 e. The fraction of sp³-hybridized carbons (Fsp3) is 0.462. The van der Waals surface area contributed by atoms with Crippen LogP contribution in [0.1, 0.15) is 36.2 Å². The van der Waals surface area contributed by atoms with Gasteiger partial charge in [0.05, 0.1) is 5.39 Å². The van der Waals surface area contributed by atoms with E-state index >= 15 is 0 Å². The molecule has 1 atom stereocenters. The second-order valence-electron chi connectivity index (χ2n) is 5.03. The lowest BCUT2D eigenvalue weighted by atomic mass is 9.97. The van der Waals surface area contributed by atoms with Crippen molar-refractivity contribution in [2.24, 2.45) is 0 Å². The van der Waals surface area contributed by atoms with Gasteiger partial charge in [-0.05, 0) is 50.4 Å². The standard InChI is InChI=1S/C13H14N2O3S2/c1-6(12(17)18)15-11(16)9-7-4-2-3-5-8(7)20-10(9)14-13(15)19/h6H,2-5H2,1H3,(H,14,19)(H,17,18). The zero-order chi connectivity index (χ0) is 14.4. The van der Waals surface area contributed by atoms with Crippen LogP contribution in [0.4, 0.5) is 0 Å². The summed E-state index contributed by atoms with van der Waals surface area (Å²) in [5.74, 6) is -1.06. The molecule has 2 heterocycles. The number of aromatic amines is 1. The van der Waals surface area contributed by atoms with Crippen LogP contribution in [0.5, 0.6) is 0 Å². The number of fused-ring (bicyclic) bond motifs is 3. The summed E-state index contributed by atoms with van der Waals surface area (Å²) in [5, 5.41) is 9.76. The topological polar surface area (TPSA) is 75.1 Å². The van der Waals surface area contributed by atoms with Gasteiger partial charge in [-0.3, -0.25) is 9.36 Å². The maximum atomic E-state index is 12.6. The summed E-state index contributed by atoms with van der Waals surface area (Å²) in [6.07, 6.45) is 4.09. The van der Waals surface area contributed by atoms with Crippen LogP contribution >= 0.6 is 23.6 Å². The molecular weight excluding hydrogens is 296 g/mol. The van der Waals surface area contributed by atoms with Crippen molar-refractivity contribution in [3.8, 4) is 0 Å². The molecule has 7 heteroatoms. The molecule has 0 saturated carbocycles. The van der Waals surface area contributed by atoms with Gasteiger partial charge in [0.15, 0.2) is 4.77 Å². The second-order valence-corrected chi connectivity index (χ2v) is 6.53. The Balaban J connectivity index is 2.36. The van der Waals surface area contributed by atoms with E-state index in [2.05, 4.69) is 4.98 Å². The van der Waals surface area contributed by atoms with Crippen LogP contribution in [0.15, 0.2) is 4.79 Å². The van der Waals surface area contributed by atoms with Crippen LogP contribution in [0.25, 0.3) is 10.2 Å². The zero-order valence-electron chi connectivity index (χ0n) is 10.9. The minimum atomic E-state index is -1.06. The minimum Gasteiger partial charge on any atom is -0.480 e. The third-order valence-corrected chi connectivity index (χ3v) is 5.29. The highest BCUT2D eigenvalue weighted by Gasteiger charge is 2.23.